The van der Waals surface area contributed by atoms with Crippen molar-refractivity contribution in [3.8, 4) is 11.5 Å². The molecule has 1 aromatic heterocycles. The quantitative estimate of drug-likeness (QED) is 0.650. The van der Waals surface area contributed by atoms with Crippen LogP contribution in [-0.4, -0.2) is 24.3 Å². The summed E-state index contributed by atoms with van der Waals surface area (Å²) in [5.41, 5.74) is 2.43. The van der Waals surface area contributed by atoms with E-state index in [0.29, 0.717) is 30.6 Å². The van der Waals surface area contributed by atoms with E-state index in [-0.39, 0.29) is 11.4 Å². The second kappa shape index (κ2) is 8.50. The summed E-state index contributed by atoms with van der Waals surface area (Å²) in [6.45, 7) is 6.21. The van der Waals surface area contributed by atoms with Crippen LogP contribution >= 0.6 is 0 Å². The first kappa shape index (κ1) is 20.0. The number of pyridine rings is 1. The monoisotopic (exact) mass is 385 g/mol. The molecule has 1 unspecified atom stereocenters. The molecule has 2 aromatic rings. The summed E-state index contributed by atoms with van der Waals surface area (Å²) in [7, 11) is 1.61. The number of hydrogen-bond donors (Lipinski definition) is 0. The van der Waals surface area contributed by atoms with Crippen LogP contribution in [0.5, 0.6) is 11.5 Å². The van der Waals surface area contributed by atoms with Crippen molar-refractivity contribution < 1.29 is 19.0 Å². The van der Waals surface area contributed by atoms with Crippen LogP contribution in [-0.2, 0) is 16.1 Å². The van der Waals surface area contributed by atoms with E-state index in [1.54, 1.807) is 19.2 Å². The molecule has 1 aliphatic rings. The van der Waals surface area contributed by atoms with E-state index in [1.165, 1.54) is 19.8 Å². The Balaban J connectivity index is 1.91. The van der Waals surface area contributed by atoms with Gasteiger partial charge in [0.05, 0.1) is 20.3 Å². The van der Waals surface area contributed by atoms with Crippen LogP contribution in [0, 0.1) is 19.8 Å². The molecule has 1 heterocycles. The molecule has 3 rings (SSSR count). The number of ether oxygens (including phenoxy) is 3. The SMILES string of the molecule is COc1ccc(C(Cn2c(C)cc(=O)cc2C)OC(C)=O)cc1OCC1CC1. The van der Waals surface area contributed by atoms with Crippen molar-refractivity contribution in [3.63, 3.8) is 0 Å². The lowest BCUT2D eigenvalue weighted by molar-refractivity contribution is -0.147. The Morgan fingerprint density at radius 3 is 2.39 bits per heavy atom. The molecule has 1 aromatic carbocycles. The summed E-state index contributed by atoms with van der Waals surface area (Å²) in [6.07, 6.45) is 1.89. The molecule has 1 atom stereocenters. The molecule has 1 saturated carbocycles. The zero-order valence-corrected chi connectivity index (χ0v) is 16.9. The van der Waals surface area contributed by atoms with Crippen molar-refractivity contribution in [1.29, 1.82) is 0 Å². The number of esters is 1. The molecule has 150 valence electrons. The Hall–Kier alpha value is -2.76. The van der Waals surface area contributed by atoms with E-state index in [1.807, 2.05) is 36.6 Å². The zero-order valence-electron chi connectivity index (χ0n) is 16.9. The second-order valence-electron chi connectivity index (χ2n) is 7.35. The minimum atomic E-state index is -0.508. The van der Waals surface area contributed by atoms with Crippen molar-refractivity contribution in [2.75, 3.05) is 13.7 Å². The summed E-state index contributed by atoms with van der Waals surface area (Å²) >= 11 is 0. The highest BCUT2D eigenvalue weighted by Crippen LogP contribution is 2.35. The van der Waals surface area contributed by atoms with Gasteiger partial charge in [0, 0.05) is 30.4 Å². The third-order valence-electron chi connectivity index (χ3n) is 4.94. The Labute approximate surface area is 165 Å². The number of nitrogens with zero attached hydrogens (tertiary/aromatic N) is 1. The average molecular weight is 385 g/mol. The topological polar surface area (TPSA) is 66.8 Å². The fourth-order valence-corrected chi connectivity index (χ4v) is 3.25. The maximum atomic E-state index is 11.7. The highest BCUT2D eigenvalue weighted by Gasteiger charge is 2.24. The van der Waals surface area contributed by atoms with Crippen LogP contribution in [0.15, 0.2) is 35.1 Å². The number of carbonyl (C=O) groups excluding carboxylic acids is 1. The van der Waals surface area contributed by atoms with Gasteiger partial charge in [-0.05, 0) is 50.3 Å². The molecule has 0 aliphatic heterocycles. The number of carbonyl (C=O) groups is 1. The zero-order chi connectivity index (χ0) is 20.3. The van der Waals surface area contributed by atoms with Gasteiger partial charge in [-0.15, -0.1) is 0 Å². The number of aromatic nitrogens is 1. The van der Waals surface area contributed by atoms with Gasteiger partial charge in [0.2, 0.25) is 0 Å². The smallest absolute Gasteiger partial charge is 0.303 e. The second-order valence-corrected chi connectivity index (χ2v) is 7.35. The average Bonchev–Trinajstić information content (AvgIpc) is 3.45. The summed E-state index contributed by atoms with van der Waals surface area (Å²) < 4.78 is 18.9. The van der Waals surface area contributed by atoms with Crippen LogP contribution in [0.25, 0.3) is 0 Å². The van der Waals surface area contributed by atoms with Crippen LogP contribution in [0.3, 0.4) is 0 Å². The number of rotatable bonds is 8. The van der Waals surface area contributed by atoms with Gasteiger partial charge in [-0.1, -0.05) is 6.07 Å². The van der Waals surface area contributed by atoms with E-state index in [4.69, 9.17) is 14.2 Å². The first-order valence-corrected chi connectivity index (χ1v) is 9.53. The Morgan fingerprint density at radius 1 is 1.14 bits per heavy atom. The van der Waals surface area contributed by atoms with Crippen molar-refractivity contribution in [2.24, 2.45) is 5.92 Å². The van der Waals surface area contributed by atoms with Gasteiger partial charge in [-0.3, -0.25) is 9.59 Å². The van der Waals surface area contributed by atoms with Gasteiger partial charge in [-0.25, -0.2) is 0 Å². The Bertz CT molecular complexity index is 887. The number of methoxy groups -OCH3 is 1. The summed E-state index contributed by atoms with van der Waals surface area (Å²) in [4.78, 5) is 23.5. The van der Waals surface area contributed by atoms with E-state index in [9.17, 15) is 9.59 Å². The molecule has 0 bridgehead atoms. The molecule has 0 spiro atoms. The van der Waals surface area contributed by atoms with Crippen molar-refractivity contribution in [3.05, 3.63) is 57.5 Å². The normalized spacial score (nSPS) is 14.4. The summed E-state index contributed by atoms with van der Waals surface area (Å²) in [6, 6.07) is 8.75. The van der Waals surface area contributed by atoms with E-state index >= 15 is 0 Å². The van der Waals surface area contributed by atoms with E-state index in [2.05, 4.69) is 0 Å². The van der Waals surface area contributed by atoms with Crippen molar-refractivity contribution in [1.82, 2.24) is 4.57 Å². The molecule has 6 heteroatoms. The highest BCUT2D eigenvalue weighted by atomic mass is 16.5. The molecule has 6 nitrogen and oxygen atoms in total. The number of aryl methyl sites for hydroxylation is 2. The maximum absolute atomic E-state index is 11.7. The standard InChI is InChI=1S/C22H27NO5/c1-14-9-19(25)10-15(2)23(14)12-22(28-16(3)24)18-7-8-20(26-4)21(11-18)27-13-17-5-6-17/h7-11,17,22H,5-6,12-13H2,1-4H3. The van der Waals surface area contributed by atoms with Crippen molar-refractivity contribution >= 4 is 5.97 Å². The lowest BCUT2D eigenvalue weighted by Gasteiger charge is -2.23. The molecule has 28 heavy (non-hydrogen) atoms. The minimum absolute atomic E-state index is 0.0319. The Kier molecular flexibility index (Phi) is 6.07. The van der Waals surface area contributed by atoms with E-state index in [0.717, 1.165) is 17.0 Å². The number of hydrogen-bond acceptors (Lipinski definition) is 5. The molecule has 1 aliphatic carbocycles. The molecular weight excluding hydrogens is 358 g/mol. The third kappa shape index (κ3) is 4.94. The van der Waals surface area contributed by atoms with Crippen LogP contribution in [0.2, 0.25) is 0 Å². The molecule has 0 N–H and O–H groups in total. The lowest BCUT2D eigenvalue weighted by atomic mass is 10.1. The fraction of sp³-hybridized carbons (Fsp3) is 0.455. The summed E-state index contributed by atoms with van der Waals surface area (Å²) in [5.74, 6) is 1.56. The number of benzene rings is 1. The molecule has 1 fully saturated rings. The fourth-order valence-electron chi connectivity index (χ4n) is 3.25. The largest absolute Gasteiger partial charge is 0.493 e. The molecule has 0 amide bonds. The van der Waals surface area contributed by atoms with Gasteiger partial charge in [0.15, 0.2) is 16.9 Å². The van der Waals surface area contributed by atoms with Crippen LogP contribution < -0.4 is 14.9 Å². The first-order valence-electron chi connectivity index (χ1n) is 9.53. The van der Waals surface area contributed by atoms with Gasteiger partial charge < -0.3 is 18.8 Å². The van der Waals surface area contributed by atoms with Crippen molar-refractivity contribution in [2.45, 2.75) is 46.3 Å². The lowest BCUT2D eigenvalue weighted by Crippen LogP contribution is -2.20. The summed E-state index contributed by atoms with van der Waals surface area (Å²) in [5, 5.41) is 0. The molecule has 0 saturated heterocycles. The van der Waals surface area contributed by atoms with Gasteiger partial charge in [0.1, 0.15) is 6.10 Å². The maximum Gasteiger partial charge on any atom is 0.303 e. The van der Waals surface area contributed by atoms with Gasteiger partial charge in [-0.2, -0.15) is 0 Å². The third-order valence-corrected chi connectivity index (χ3v) is 4.94. The predicted octanol–water partition coefficient (Wildman–Crippen LogP) is 3.57. The van der Waals surface area contributed by atoms with Gasteiger partial charge in [0.25, 0.3) is 0 Å². The van der Waals surface area contributed by atoms with Gasteiger partial charge >= 0.3 is 5.97 Å². The minimum Gasteiger partial charge on any atom is -0.493 e. The van der Waals surface area contributed by atoms with Crippen LogP contribution in [0.4, 0.5) is 0 Å². The highest BCUT2D eigenvalue weighted by molar-refractivity contribution is 5.66. The van der Waals surface area contributed by atoms with Crippen LogP contribution in [0.1, 0.15) is 42.8 Å². The van der Waals surface area contributed by atoms with E-state index < -0.39 is 6.10 Å². The first-order chi connectivity index (χ1) is 13.4. The molecular formula is C22H27NO5. The predicted molar refractivity (Wildman–Crippen MR) is 106 cm³/mol. The Morgan fingerprint density at radius 2 is 1.82 bits per heavy atom. The molecule has 0 radical (unpaired) electrons.